The summed E-state index contributed by atoms with van der Waals surface area (Å²) in [5.74, 6) is 0.624. The Balaban J connectivity index is 1.44. The fourth-order valence-electron chi connectivity index (χ4n) is 6.21. The Morgan fingerprint density at radius 3 is 2.58 bits per heavy atom. The van der Waals surface area contributed by atoms with E-state index in [1.165, 1.54) is 5.69 Å². The van der Waals surface area contributed by atoms with Gasteiger partial charge in [-0.15, -0.1) is 0 Å². The van der Waals surface area contributed by atoms with Gasteiger partial charge in [-0.25, -0.2) is 9.59 Å². The molecule has 0 radical (unpaired) electrons. The van der Waals surface area contributed by atoms with Gasteiger partial charge in [0.15, 0.2) is 0 Å². The first-order valence-electron chi connectivity index (χ1n) is 13.1. The topological polar surface area (TPSA) is 79.7 Å². The van der Waals surface area contributed by atoms with Crippen LogP contribution in [0.4, 0.5) is 10.5 Å². The van der Waals surface area contributed by atoms with E-state index in [4.69, 9.17) is 21.4 Å². The van der Waals surface area contributed by atoms with Crippen molar-refractivity contribution < 1.29 is 23.9 Å². The lowest BCUT2D eigenvalue weighted by molar-refractivity contribution is -0.864. The number of aryl methyl sites for hydroxylation is 2. The van der Waals surface area contributed by atoms with Crippen LogP contribution in [0.15, 0.2) is 60.8 Å². The minimum Gasteiger partial charge on any atom is -0.449 e. The maximum Gasteiger partial charge on any atom is 0.511 e. The van der Waals surface area contributed by atoms with Crippen molar-refractivity contribution in [1.82, 2.24) is 4.98 Å². The van der Waals surface area contributed by atoms with Crippen molar-refractivity contribution in [2.75, 3.05) is 31.6 Å². The van der Waals surface area contributed by atoms with Crippen LogP contribution in [-0.2, 0) is 6.42 Å². The summed E-state index contributed by atoms with van der Waals surface area (Å²) in [4.78, 5) is 32.2. The van der Waals surface area contributed by atoms with Crippen molar-refractivity contribution in [1.29, 1.82) is 0 Å². The zero-order valence-electron chi connectivity index (χ0n) is 21.8. The zero-order chi connectivity index (χ0) is 26.9. The molecule has 0 saturated carbocycles. The zero-order valence-corrected chi connectivity index (χ0v) is 22.5. The fourth-order valence-corrected chi connectivity index (χ4v) is 6.43. The number of carbonyl (C=O) groups is 2. The molecule has 198 valence electrons. The summed E-state index contributed by atoms with van der Waals surface area (Å²) in [5, 5.41) is 9.59. The molecule has 1 aliphatic heterocycles. The number of quaternary nitrogens is 1. The first-order valence-corrected chi connectivity index (χ1v) is 13.5. The van der Waals surface area contributed by atoms with Crippen LogP contribution in [0.2, 0.25) is 5.02 Å². The van der Waals surface area contributed by atoms with Gasteiger partial charge in [0.1, 0.15) is 11.8 Å². The van der Waals surface area contributed by atoms with Crippen LogP contribution in [0.3, 0.4) is 0 Å². The number of hydrogen-bond acceptors (Lipinski definition) is 5. The van der Waals surface area contributed by atoms with E-state index < -0.39 is 6.16 Å². The van der Waals surface area contributed by atoms with E-state index in [9.17, 15) is 9.59 Å². The summed E-state index contributed by atoms with van der Waals surface area (Å²) < 4.78 is 5.16. The predicted octanol–water partition coefficient (Wildman–Crippen LogP) is 6.29. The Morgan fingerprint density at radius 2 is 1.87 bits per heavy atom. The van der Waals surface area contributed by atoms with Crippen molar-refractivity contribution in [3.05, 3.63) is 88.2 Å². The lowest BCUT2D eigenvalue weighted by Gasteiger charge is -2.42. The van der Waals surface area contributed by atoms with Crippen LogP contribution in [0, 0.1) is 12.8 Å². The standard InChI is InChI=1S/C30H32ClN3O4/c1-20-17-23(11-14-32-20)33-15-12-21(13-16-33)19-34(2,29(35)25-5-3-4-6-27(25)31)28-10-8-22-7-9-24(18-26(22)28)38-30(36)37/h3-7,9,11,14,17-18,21,28H,8,10,12-13,15-16,19H2,1-2H3/p+1/t28-,34?/m1/s1. The number of fused-ring (bicyclic) bond motifs is 1. The minimum atomic E-state index is -1.35. The van der Waals surface area contributed by atoms with Crippen LogP contribution >= 0.6 is 11.6 Å². The number of aromatic nitrogens is 1. The van der Waals surface area contributed by atoms with Gasteiger partial charge in [-0.2, -0.15) is 0 Å². The third kappa shape index (κ3) is 5.26. The lowest BCUT2D eigenvalue weighted by Crippen LogP contribution is -2.55. The maximum atomic E-state index is 14.3. The molecule has 2 atom stereocenters. The second-order valence-electron chi connectivity index (χ2n) is 10.6. The molecule has 2 heterocycles. The van der Waals surface area contributed by atoms with Gasteiger partial charge in [-0.3, -0.25) is 9.47 Å². The Morgan fingerprint density at radius 1 is 1.11 bits per heavy atom. The SMILES string of the molecule is Cc1cc(N2CCC(C[N+](C)(C(=O)c3ccccc3Cl)[C@@H]3CCc4ccc(OC(=O)O)cc43)CC2)ccn1. The monoisotopic (exact) mass is 534 g/mol. The van der Waals surface area contributed by atoms with Crippen LogP contribution in [0.25, 0.3) is 0 Å². The molecule has 7 nitrogen and oxygen atoms in total. The summed E-state index contributed by atoms with van der Waals surface area (Å²) in [6, 6.07) is 16.7. The van der Waals surface area contributed by atoms with Crippen LogP contribution in [0.5, 0.6) is 5.75 Å². The first kappa shape index (κ1) is 26.2. The Labute approximate surface area is 228 Å². The van der Waals surface area contributed by atoms with Crippen molar-refractivity contribution in [3.63, 3.8) is 0 Å². The number of benzene rings is 2. The highest BCUT2D eigenvalue weighted by Crippen LogP contribution is 2.44. The predicted molar refractivity (Wildman–Crippen MR) is 147 cm³/mol. The third-order valence-corrected chi connectivity index (χ3v) is 8.45. The molecule has 0 bridgehead atoms. The Kier molecular flexibility index (Phi) is 7.41. The van der Waals surface area contributed by atoms with E-state index >= 15 is 0 Å². The summed E-state index contributed by atoms with van der Waals surface area (Å²) in [7, 11) is 2.02. The number of rotatable bonds is 6. The van der Waals surface area contributed by atoms with E-state index in [0.717, 1.165) is 55.6 Å². The second kappa shape index (κ2) is 10.8. The summed E-state index contributed by atoms with van der Waals surface area (Å²) >= 11 is 6.53. The molecule has 2 aliphatic rings. The number of piperidine rings is 1. The van der Waals surface area contributed by atoms with Gasteiger partial charge < -0.3 is 14.7 Å². The van der Waals surface area contributed by atoms with Crippen LogP contribution < -0.4 is 9.64 Å². The number of ether oxygens (including phenoxy) is 1. The first-order chi connectivity index (χ1) is 18.2. The summed E-state index contributed by atoms with van der Waals surface area (Å²) in [6.45, 7) is 4.53. The third-order valence-electron chi connectivity index (χ3n) is 8.12. The van der Waals surface area contributed by atoms with E-state index in [0.29, 0.717) is 23.0 Å². The highest BCUT2D eigenvalue weighted by molar-refractivity contribution is 6.33. The van der Waals surface area contributed by atoms with Crippen molar-refractivity contribution in [2.24, 2.45) is 5.92 Å². The van der Waals surface area contributed by atoms with Crippen LogP contribution in [0.1, 0.15) is 52.5 Å². The lowest BCUT2D eigenvalue weighted by atomic mass is 9.92. The quantitative estimate of drug-likeness (QED) is 0.227. The molecular weight excluding hydrogens is 502 g/mol. The molecule has 1 unspecified atom stereocenters. The molecule has 0 spiro atoms. The Hall–Kier alpha value is -3.42. The van der Waals surface area contributed by atoms with E-state index in [1.807, 2.05) is 38.4 Å². The van der Waals surface area contributed by atoms with Gasteiger partial charge in [-0.1, -0.05) is 29.8 Å². The number of anilines is 1. The largest absolute Gasteiger partial charge is 0.511 e. The van der Waals surface area contributed by atoms with E-state index in [2.05, 4.69) is 22.0 Å². The number of carboxylic acid groups (broad SMARTS) is 1. The highest BCUT2D eigenvalue weighted by Gasteiger charge is 2.47. The van der Waals surface area contributed by atoms with Gasteiger partial charge >= 0.3 is 12.1 Å². The molecule has 38 heavy (non-hydrogen) atoms. The molecule has 1 N–H and O–H groups in total. The average Bonchev–Trinajstić information content (AvgIpc) is 3.32. The molecule has 8 heteroatoms. The van der Waals surface area contributed by atoms with E-state index in [1.54, 1.807) is 24.3 Å². The molecule has 3 aromatic rings. The number of carbonyl (C=O) groups excluding carboxylic acids is 1. The van der Waals surface area contributed by atoms with Gasteiger partial charge in [0.05, 0.1) is 24.2 Å². The number of nitrogens with zero attached hydrogens (tertiary/aromatic N) is 3. The van der Waals surface area contributed by atoms with Crippen molar-refractivity contribution in [2.45, 2.75) is 38.6 Å². The molecule has 5 rings (SSSR count). The number of pyridine rings is 1. The van der Waals surface area contributed by atoms with Crippen molar-refractivity contribution >= 4 is 29.4 Å². The fraction of sp³-hybridized carbons (Fsp3) is 0.367. The molecule has 1 aliphatic carbocycles. The number of amides is 1. The Bertz CT molecular complexity index is 1350. The molecular formula is C30H33ClN3O4+. The minimum absolute atomic E-state index is 0.00908. The number of hydrogen-bond donors (Lipinski definition) is 1. The summed E-state index contributed by atoms with van der Waals surface area (Å²) in [6.07, 6.45) is 4.09. The van der Waals surface area contributed by atoms with E-state index in [-0.39, 0.29) is 22.2 Å². The molecule has 2 aromatic carbocycles. The molecule has 1 amide bonds. The highest BCUT2D eigenvalue weighted by atomic mass is 35.5. The average molecular weight is 535 g/mol. The van der Waals surface area contributed by atoms with Gasteiger partial charge in [0, 0.05) is 48.6 Å². The van der Waals surface area contributed by atoms with Gasteiger partial charge in [0.25, 0.3) is 0 Å². The van der Waals surface area contributed by atoms with Gasteiger partial charge in [-0.05, 0) is 68.1 Å². The maximum absolute atomic E-state index is 14.3. The second-order valence-corrected chi connectivity index (χ2v) is 11.0. The van der Waals surface area contributed by atoms with Crippen LogP contribution in [-0.4, -0.2) is 53.3 Å². The summed E-state index contributed by atoms with van der Waals surface area (Å²) in [5.41, 5.74) is 4.83. The molecule has 1 fully saturated rings. The van der Waals surface area contributed by atoms with Crippen molar-refractivity contribution in [3.8, 4) is 5.75 Å². The molecule has 1 saturated heterocycles. The van der Waals surface area contributed by atoms with Gasteiger partial charge in [0.2, 0.25) is 0 Å². The normalized spacial score (nSPS) is 19.0. The number of halogens is 1. The smallest absolute Gasteiger partial charge is 0.449 e. The molecule has 1 aromatic heterocycles.